The van der Waals surface area contributed by atoms with Crippen LogP contribution in [0, 0.1) is 6.92 Å². The molecule has 1 aromatic heterocycles. The van der Waals surface area contributed by atoms with E-state index >= 15 is 0 Å². The van der Waals surface area contributed by atoms with Gasteiger partial charge in [0.2, 0.25) is 0 Å². The number of guanidine groups is 1. The van der Waals surface area contributed by atoms with Gasteiger partial charge < -0.3 is 10.6 Å². The molecule has 1 aliphatic rings. The molecule has 16 heavy (non-hydrogen) atoms. The highest BCUT2D eigenvalue weighted by Crippen LogP contribution is 2.18. The number of thiazole rings is 1. The Balaban J connectivity index is 0.00000128. The second kappa shape index (κ2) is 6.39. The lowest BCUT2D eigenvalue weighted by atomic mass is 10.4. The predicted molar refractivity (Wildman–Crippen MR) is 78.6 cm³/mol. The fraction of sp³-hybridized carbons (Fsp3) is 0.600. The SMILES string of the molecule is CN=C(NCc1scnc1C)NC1CC1.I. The third kappa shape index (κ3) is 3.89. The Hall–Kier alpha value is -0.370. The number of rotatable bonds is 3. The van der Waals surface area contributed by atoms with Gasteiger partial charge in [-0.1, -0.05) is 0 Å². The van der Waals surface area contributed by atoms with Crippen LogP contribution in [-0.2, 0) is 6.54 Å². The first-order chi connectivity index (χ1) is 7.29. The number of nitrogens with one attached hydrogen (secondary N) is 2. The van der Waals surface area contributed by atoms with E-state index in [0.717, 1.165) is 18.2 Å². The summed E-state index contributed by atoms with van der Waals surface area (Å²) < 4.78 is 0. The summed E-state index contributed by atoms with van der Waals surface area (Å²) >= 11 is 1.68. The van der Waals surface area contributed by atoms with E-state index in [2.05, 4.69) is 20.6 Å². The normalized spacial score (nSPS) is 15.5. The fourth-order valence-corrected chi connectivity index (χ4v) is 1.99. The summed E-state index contributed by atoms with van der Waals surface area (Å²) in [7, 11) is 1.80. The second-order valence-electron chi connectivity index (χ2n) is 3.71. The maximum absolute atomic E-state index is 4.21. The number of aromatic nitrogens is 1. The molecule has 4 nitrogen and oxygen atoms in total. The molecule has 2 N–H and O–H groups in total. The number of hydrogen-bond acceptors (Lipinski definition) is 3. The van der Waals surface area contributed by atoms with E-state index in [1.807, 2.05) is 12.4 Å². The maximum atomic E-state index is 4.21. The van der Waals surface area contributed by atoms with Crippen LogP contribution in [0.25, 0.3) is 0 Å². The van der Waals surface area contributed by atoms with Gasteiger partial charge in [0.1, 0.15) is 0 Å². The minimum absolute atomic E-state index is 0. The van der Waals surface area contributed by atoms with Crippen molar-refractivity contribution in [3.8, 4) is 0 Å². The quantitative estimate of drug-likeness (QED) is 0.496. The molecule has 1 aliphatic carbocycles. The standard InChI is InChI=1S/C10H16N4S.HI/c1-7-9(15-6-13-7)5-12-10(11-2)14-8-3-4-8;/h6,8H,3-5H2,1-2H3,(H2,11,12,14);1H. The van der Waals surface area contributed by atoms with E-state index < -0.39 is 0 Å². The van der Waals surface area contributed by atoms with Gasteiger partial charge in [-0.25, -0.2) is 4.98 Å². The highest BCUT2D eigenvalue weighted by Gasteiger charge is 2.22. The summed E-state index contributed by atoms with van der Waals surface area (Å²) in [6.07, 6.45) is 2.53. The van der Waals surface area contributed by atoms with Gasteiger partial charge in [0.25, 0.3) is 0 Å². The maximum Gasteiger partial charge on any atom is 0.191 e. The van der Waals surface area contributed by atoms with Crippen LogP contribution in [0.5, 0.6) is 0 Å². The van der Waals surface area contributed by atoms with Crippen molar-refractivity contribution >= 4 is 41.3 Å². The monoisotopic (exact) mass is 352 g/mol. The van der Waals surface area contributed by atoms with Gasteiger partial charge in [-0.2, -0.15) is 0 Å². The molecule has 90 valence electrons. The first-order valence-electron chi connectivity index (χ1n) is 5.15. The number of hydrogen-bond donors (Lipinski definition) is 2. The van der Waals surface area contributed by atoms with Gasteiger partial charge in [-0.15, -0.1) is 35.3 Å². The molecule has 0 aromatic carbocycles. The van der Waals surface area contributed by atoms with Crippen molar-refractivity contribution in [3.63, 3.8) is 0 Å². The topological polar surface area (TPSA) is 49.3 Å². The van der Waals surface area contributed by atoms with Gasteiger partial charge in [0.05, 0.1) is 17.7 Å². The van der Waals surface area contributed by atoms with Crippen molar-refractivity contribution < 1.29 is 0 Å². The Morgan fingerprint density at radius 3 is 2.88 bits per heavy atom. The Morgan fingerprint density at radius 2 is 2.38 bits per heavy atom. The van der Waals surface area contributed by atoms with Crippen molar-refractivity contribution in [3.05, 3.63) is 16.1 Å². The molecule has 0 radical (unpaired) electrons. The highest BCUT2D eigenvalue weighted by molar-refractivity contribution is 14.0. The van der Waals surface area contributed by atoms with Gasteiger partial charge in [-0.05, 0) is 19.8 Å². The zero-order valence-electron chi connectivity index (χ0n) is 9.49. The Morgan fingerprint density at radius 1 is 1.62 bits per heavy atom. The lowest BCUT2D eigenvalue weighted by Crippen LogP contribution is -2.37. The molecular formula is C10H17IN4S. The smallest absolute Gasteiger partial charge is 0.191 e. The van der Waals surface area contributed by atoms with Gasteiger partial charge in [0, 0.05) is 18.0 Å². The summed E-state index contributed by atoms with van der Waals surface area (Å²) in [4.78, 5) is 9.66. The van der Waals surface area contributed by atoms with Gasteiger partial charge in [0.15, 0.2) is 5.96 Å². The minimum atomic E-state index is 0. The molecule has 0 unspecified atom stereocenters. The molecular weight excluding hydrogens is 335 g/mol. The van der Waals surface area contributed by atoms with E-state index in [9.17, 15) is 0 Å². The molecule has 1 heterocycles. The summed E-state index contributed by atoms with van der Waals surface area (Å²) in [6, 6.07) is 0.638. The predicted octanol–water partition coefficient (Wildman–Crippen LogP) is 1.90. The average Bonchev–Trinajstić information content (AvgIpc) is 2.96. The number of aliphatic imine (C=N–C) groups is 1. The third-order valence-corrected chi connectivity index (χ3v) is 3.34. The second-order valence-corrected chi connectivity index (χ2v) is 4.64. The van der Waals surface area contributed by atoms with E-state index in [4.69, 9.17) is 0 Å². The molecule has 0 spiro atoms. The Bertz CT molecular complexity index is 359. The van der Waals surface area contributed by atoms with Crippen LogP contribution in [0.4, 0.5) is 0 Å². The van der Waals surface area contributed by atoms with Gasteiger partial charge in [-0.3, -0.25) is 4.99 Å². The summed E-state index contributed by atoms with van der Waals surface area (Å²) in [5, 5.41) is 6.64. The molecule has 1 fully saturated rings. The Labute approximate surface area is 117 Å². The van der Waals surface area contributed by atoms with E-state index in [1.54, 1.807) is 18.4 Å². The van der Waals surface area contributed by atoms with Crippen molar-refractivity contribution in [2.24, 2.45) is 4.99 Å². The van der Waals surface area contributed by atoms with Crippen LogP contribution in [-0.4, -0.2) is 24.0 Å². The molecule has 2 rings (SSSR count). The first-order valence-corrected chi connectivity index (χ1v) is 6.03. The number of aryl methyl sites for hydroxylation is 1. The molecule has 0 amide bonds. The third-order valence-electron chi connectivity index (χ3n) is 2.40. The van der Waals surface area contributed by atoms with Crippen LogP contribution in [0.15, 0.2) is 10.5 Å². The molecule has 0 atom stereocenters. The number of nitrogens with zero attached hydrogens (tertiary/aromatic N) is 2. The van der Waals surface area contributed by atoms with Crippen molar-refractivity contribution in [1.29, 1.82) is 0 Å². The summed E-state index contributed by atoms with van der Waals surface area (Å²) in [5.74, 6) is 0.894. The largest absolute Gasteiger partial charge is 0.354 e. The highest BCUT2D eigenvalue weighted by atomic mass is 127. The molecule has 0 aliphatic heterocycles. The summed E-state index contributed by atoms with van der Waals surface area (Å²) in [6.45, 7) is 2.84. The van der Waals surface area contributed by atoms with Crippen LogP contribution in [0.3, 0.4) is 0 Å². The van der Waals surface area contributed by atoms with Crippen molar-refractivity contribution in [1.82, 2.24) is 15.6 Å². The minimum Gasteiger partial charge on any atom is -0.354 e. The van der Waals surface area contributed by atoms with Crippen LogP contribution >= 0.6 is 35.3 Å². The lowest BCUT2D eigenvalue weighted by molar-refractivity contribution is 0.808. The molecule has 0 bridgehead atoms. The fourth-order valence-electron chi connectivity index (χ4n) is 1.28. The van der Waals surface area contributed by atoms with Crippen LogP contribution in [0.1, 0.15) is 23.4 Å². The molecule has 6 heteroatoms. The van der Waals surface area contributed by atoms with Crippen LogP contribution < -0.4 is 10.6 Å². The number of halogens is 1. The lowest BCUT2D eigenvalue weighted by Gasteiger charge is -2.10. The molecule has 1 saturated carbocycles. The Kier molecular flexibility index (Phi) is 5.47. The van der Waals surface area contributed by atoms with Gasteiger partial charge >= 0.3 is 0 Å². The van der Waals surface area contributed by atoms with E-state index in [-0.39, 0.29) is 24.0 Å². The zero-order chi connectivity index (χ0) is 10.7. The molecule has 1 aromatic rings. The van der Waals surface area contributed by atoms with E-state index in [0.29, 0.717) is 6.04 Å². The van der Waals surface area contributed by atoms with E-state index in [1.165, 1.54) is 17.7 Å². The van der Waals surface area contributed by atoms with Crippen LogP contribution in [0.2, 0.25) is 0 Å². The summed E-state index contributed by atoms with van der Waals surface area (Å²) in [5.41, 5.74) is 2.98. The zero-order valence-corrected chi connectivity index (χ0v) is 12.6. The first kappa shape index (κ1) is 13.7. The van der Waals surface area contributed by atoms with Crippen molar-refractivity contribution in [2.45, 2.75) is 32.4 Å². The molecule has 0 saturated heterocycles. The van der Waals surface area contributed by atoms with Crippen molar-refractivity contribution in [2.75, 3.05) is 7.05 Å². The average molecular weight is 352 g/mol.